The van der Waals surface area contributed by atoms with E-state index in [0.717, 1.165) is 39.0 Å². The summed E-state index contributed by atoms with van der Waals surface area (Å²) in [4.78, 5) is 3.38. The highest BCUT2D eigenvalue weighted by atomic mass is 19.1. The van der Waals surface area contributed by atoms with Crippen molar-refractivity contribution >= 4 is 10.9 Å². The molecule has 1 N–H and O–H groups in total. The minimum Gasteiger partial charge on any atom is -0.489 e. The Hall–Kier alpha value is -3.07. The van der Waals surface area contributed by atoms with Crippen LogP contribution < -0.4 is 4.74 Å². The standard InChI is InChI=1S/C22H18FNO/c1-15-20-13-18(23)9-12-21(20)24-22(15)17-7-10-19(11-8-17)25-14-16-5-3-2-4-6-16/h2-13,24H,14H2,1H3. The number of benzene rings is 3. The van der Waals surface area contributed by atoms with Crippen LogP contribution in [-0.2, 0) is 6.61 Å². The zero-order chi connectivity index (χ0) is 17.2. The lowest BCUT2D eigenvalue weighted by Gasteiger charge is -2.07. The highest BCUT2D eigenvalue weighted by Gasteiger charge is 2.10. The number of nitrogens with one attached hydrogen (secondary N) is 1. The molecular weight excluding hydrogens is 313 g/mol. The van der Waals surface area contributed by atoms with Gasteiger partial charge < -0.3 is 9.72 Å². The minimum absolute atomic E-state index is 0.217. The Labute approximate surface area is 145 Å². The molecule has 0 atom stereocenters. The summed E-state index contributed by atoms with van der Waals surface area (Å²) in [5, 5.41) is 0.916. The Bertz CT molecular complexity index is 1000. The second-order valence-corrected chi connectivity index (χ2v) is 6.11. The number of ether oxygens (including phenoxy) is 1. The molecule has 25 heavy (non-hydrogen) atoms. The molecule has 3 aromatic carbocycles. The van der Waals surface area contributed by atoms with Gasteiger partial charge >= 0.3 is 0 Å². The van der Waals surface area contributed by atoms with Crippen LogP contribution in [0.15, 0.2) is 72.8 Å². The molecule has 0 radical (unpaired) electrons. The topological polar surface area (TPSA) is 25.0 Å². The van der Waals surface area contributed by atoms with Crippen molar-refractivity contribution in [3.05, 3.63) is 89.7 Å². The third kappa shape index (κ3) is 3.13. The molecule has 0 aliphatic carbocycles. The molecule has 0 amide bonds. The molecule has 2 nitrogen and oxygen atoms in total. The Morgan fingerprint density at radius 2 is 1.68 bits per heavy atom. The lowest BCUT2D eigenvalue weighted by Crippen LogP contribution is -1.94. The van der Waals surface area contributed by atoms with E-state index in [1.54, 1.807) is 12.1 Å². The van der Waals surface area contributed by atoms with Gasteiger partial charge in [0.15, 0.2) is 0 Å². The van der Waals surface area contributed by atoms with Gasteiger partial charge in [-0.15, -0.1) is 0 Å². The zero-order valence-electron chi connectivity index (χ0n) is 13.9. The van der Waals surface area contributed by atoms with E-state index in [2.05, 4.69) is 4.98 Å². The molecule has 0 bridgehead atoms. The van der Waals surface area contributed by atoms with Crippen LogP contribution >= 0.6 is 0 Å². The van der Waals surface area contributed by atoms with Crippen LogP contribution in [0.4, 0.5) is 4.39 Å². The fraction of sp³-hybridized carbons (Fsp3) is 0.0909. The van der Waals surface area contributed by atoms with E-state index in [-0.39, 0.29) is 5.82 Å². The highest BCUT2D eigenvalue weighted by molar-refractivity contribution is 5.90. The molecule has 0 unspecified atom stereocenters. The molecule has 0 spiro atoms. The highest BCUT2D eigenvalue weighted by Crippen LogP contribution is 2.31. The number of aromatic amines is 1. The molecule has 0 saturated carbocycles. The smallest absolute Gasteiger partial charge is 0.123 e. The molecule has 0 aliphatic rings. The van der Waals surface area contributed by atoms with Crippen LogP contribution in [0.3, 0.4) is 0 Å². The molecule has 1 heterocycles. The van der Waals surface area contributed by atoms with E-state index in [1.165, 1.54) is 6.07 Å². The lowest BCUT2D eigenvalue weighted by atomic mass is 10.1. The Morgan fingerprint density at radius 1 is 0.920 bits per heavy atom. The summed E-state index contributed by atoms with van der Waals surface area (Å²) in [6.07, 6.45) is 0. The quantitative estimate of drug-likeness (QED) is 0.497. The van der Waals surface area contributed by atoms with E-state index in [4.69, 9.17) is 4.74 Å². The summed E-state index contributed by atoms with van der Waals surface area (Å²) in [6, 6.07) is 22.9. The predicted octanol–water partition coefficient (Wildman–Crippen LogP) is 5.86. The Morgan fingerprint density at radius 3 is 2.44 bits per heavy atom. The molecule has 124 valence electrons. The van der Waals surface area contributed by atoms with Gasteiger partial charge in [0, 0.05) is 16.6 Å². The molecule has 4 aromatic rings. The zero-order valence-corrected chi connectivity index (χ0v) is 13.9. The number of H-pyrrole nitrogens is 1. The normalized spacial score (nSPS) is 11.0. The number of aryl methyl sites for hydroxylation is 1. The number of rotatable bonds is 4. The third-order valence-electron chi connectivity index (χ3n) is 4.41. The molecule has 1 aromatic heterocycles. The Balaban J connectivity index is 1.57. The maximum absolute atomic E-state index is 13.5. The lowest BCUT2D eigenvalue weighted by molar-refractivity contribution is 0.306. The maximum Gasteiger partial charge on any atom is 0.123 e. The van der Waals surface area contributed by atoms with E-state index >= 15 is 0 Å². The van der Waals surface area contributed by atoms with Gasteiger partial charge in [0.25, 0.3) is 0 Å². The maximum atomic E-state index is 13.5. The van der Waals surface area contributed by atoms with Gasteiger partial charge in [-0.3, -0.25) is 0 Å². The average molecular weight is 331 g/mol. The van der Waals surface area contributed by atoms with Gasteiger partial charge in [0.1, 0.15) is 18.2 Å². The molecule has 4 rings (SSSR count). The SMILES string of the molecule is Cc1c(-c2ccc(OCc3ccccc3)cc2)[nH]c2ccc(F)cc12. The van der Waals surface area contributed by atoms with Crippen molar-refractivity contribution in [3.63, 3.8) is 0 Å². The number of hydrogen-bond donors (Lipinski definition) is 1. The first-order valence-electron chi connectivity index (χ1n) is 8.26. The van der Waals surface area contributed by atoms with E-state index in [9.17, 15) is 4.39 Å². The fourth-order valence-corrected chi connectivity index (χ4v) is 3.05. The molecule has 3 heteroatoms. The first-order chi connectivity index (χ1) is 12.2. The van der Waals surface area contributed by atoms with Crippen molar-refractivity contribution in [1.29, 1.82) is 0 Å². The second-order valence-electron chi connectivity index (χ2n) is 6.11. The van der Waals surface area contributed by atoms with Gasteiger partial charge in [-0.2, -0.15) is 0 Å². The summed E-state index contributed by atoms with van der Waals surface area (Å²) in [5.41, 5.74) is 5.20. The largest absolute Gasteiger partial charge is 0.489 e. The van der Waals surface area contributed by atoms with E-state index in [0.29, 0.717) is 6.61 Å². The summed E-state index contributed by atoms with van der Waals surface area (Å²) < 4.78 is 19.3. The van der Waals surface area contributed by atoms with Crippen LogP contribution in [0, 0.1) is 12.7 Å². The van der Waals surface area contributed by atoms with Crippen LogP contribution in [-0.4, -0.2) is 4.98 Å². The van der Waals surface area contributed by atoms with Crippen molar-refractivity contribution in [2.24, 2.45) is 0 Å². The molecule has 0 fully saturated rings. The van der Waals surface area contributed by atoms with Crippen LogP contribution in [0.1, 0.15) is 11.1 Å². The van der Waals surface area contributed by atoms with Gasteiger partial charge in [0.2, 0.25) is 0 Å². The van der Waals surface area contributed by atoms with Crippen LogP contribution in [0.5, 0.6) is 5.75 Å². The fourth-order valence-electron chi connectivity index (χ4n) is 3.05. The second kappa shape index (κ2) is 6.44. The number of aromatic nitrogens is 1. The van der Waals surface area contributed by atoms with Crippen molar-refractivity contribution in [3.8, 4) is 17.0 Å². The van der Waals surface area contributed by atoms with Gasteiger partial charge in [0.05, 0.1) is 0 Å². The van der Waals surface area contributed by atoms with Crippen molar-refractivity contribution in [2.45, 2.75) is 13.5 Å². The van der Waals surface area contributed by atoms with Gasteiger partial charge in [-0.05, 0) is 66.1 Å². The Kier molecular flexibility index (Phi) is 3.98. The summed E-state index contributed by atoms with van der Waals surface area (Å²) in [6.45, 7) is 2.55. The van der Waals surface area contributed by atoms with Gasteiger partial charge in [-0.25, -0.2) is 4.39 Å². The van der Waals surface area contributed by atoms with E-state index < -0.39 is 0 Å². The van der Waals surface area contributed by atoms with Crippen molar-refractivity contribution in [2.75, 3.05) is 0 Å². The summed E-state index contributed by atoms with van der Waals surface area (Å²) in [5.74, 6) is 0.609. The summed E-state index contributed by atoms with van der Waals surface area (Å²) >= 11 is 0. The minimum atomic E-state index is -0.217. The monoisotopic (exact) mass is 331 g/mol. The van der Waals surface area contributed by atoms with Crippen LogP contribution in [0.25, 0.3) is 22.2 Å². The summed E-state index contributed by atoms with van der Waals surface area (Å²) in [7, 11) is 0. The third-order valence-corrected chi connectivity index (χ3v) is 4.41. The number of fused-ring (bicyclic) bond motifs is 1. The molecular formula is C22H18FNO. The van der Waals surface area contributed by atoms with Crippen molar-refractivity contribution in [1.82, 2.24) is 4.98 Å². The van der Waals surface area contributed by atoms with Crippen LogP contribution in [0.2, 0.25) is 0 Å². The predicted molar refractivity (Wildman–Crippen MR) is 99.2 cm³/mol. The first-order valence-corrected chi connectivity index (χ1v) is 8.26. The van der Waals surface area contributed by atoms with E-state index in [1.807, 2.05) is 61.5 Å². The number of halogens is 1. The molecule has 0 saturated heterocycles. The first kappa shape index (κ1) is 15.5. The number of hydrogen-bond acceptors (Lipinski definition) is 1. The average Bonchev–Trinajstić information content (AvgIpc) is 2.98. The van der Waals surface area contributed by atoms with Gasteiger partial charge in [-0.1, -0.05) is 30.3 Å². The van der Waals surface area contributed by atoms with Crippen molar-refractivity contribution < 1.29 is 9.13 Å². The molecule has 0 aliphatic heterocycles.